The van der Waals surface area contributed by atoms with E-state index in [2.05, 4.69) is 221 Å². The van der Waals surface area contributed by atoms with Gasteiger partial charge in [0, 0.05) is 44.2 Å². The Hall–Kier alpha value is -7.43. The van der Waals surface area contributed by atoms with Crippen LogP contribution in [0.3, 0.4) is 0 Å². The lowest BCUT2D eigenvalue weighted by molar-refractivity contribution is 0.663. The first-order chi connectivity index (χ1) is 27.8. The summed E-state index contributed by atoms with van der Waals surface area (Å²) in [6.45, 7) is 0. The van der Waals surface area contributed by atoms with Gasteiger partial charge in [-0.25, -0.2) is 0 Å². The highest BCUT2D eigenvalue weighted by Gasteiger charge is 2.23. The standard InChI is InChI=1S/C52H36N4/c1-3-16-35(17-4-1)37-20-15-21-38(30-37)47-34-46(36-18-5-2-6-19-36)53-52(54-47)39-31-40(55-48-26-11-7-22-42(48)43-23-8-12-27-49(43)55)33-41(32-39)56-50-28-13-9-24-44(50)45-25-10-14-29-51(45)56/h1-34,52,54H. The van der Waals surface area contributed by atoms with Crippen LogP contribution in [0, 0.1) is 0 Å². The summed E-state index contributed by atoms with van der Waals surface area (Å²) in [5.41, 5.74) is 14.4. The molecule has 0 amide bonds. The van der Waals surface area contributed by atoms with Gasteiger partial charge in [-0.3, -0.25) is 4.99 Å². The van der Waals surface area contributed by atoms with E-state index in [4.69, 9.17) is 4.99 Å². The van der Waals surface area contributed by atoms with Gasteiger partial charge < -0.3 is 14.5 Å². The van der Waals surface area contributed by atoms with Crippen LogP contribution < -0.4 is 5.32 Å². The molecule has 0 saturated carbocycles. The maximum atomic E-state index is 5.48. The second kappa shape index (κ2) is 13.2. The average molecular weight is 717 g/mol. The fourth-order valence-corrected chi connectivity index (χ4v) is 8.56. The van der Waals surface area contributed by atoms with Crippen molar-refractivity contribution in [3.63, 3.8) is 0 Å². The molecule has 4 heteroatoms. The van der Waals surface area contributed by atoms with Crippen molar-refractivity contribution in [1.82, 2.24) is 14.5 Å². The molecule has 1 unspecified atom stereocenters. The number of aromatic nitrogens is 2. The highest BCUT2D eigenvalue weighted by atomic mass is 15.1. The molecule has 8 aromatic carbocycles. The Morgan fingerprint density at radius 2 is 0.804 bits per heavy atom. The molecule has 1 aliphatic rings. The van der Waals surface area contributed by atoms with E-state index in [1.54, 1.807) is 0 Å². The van der Waals surface area contributed by atoms with Crippen molar-refractivity contribution in [2.45, 2.75) is 6.17 Å². The van der Waals surface area contributed by atoms with Gasteiger partial charge in [0.15, 0.2) is 0 Å². The maximum absolute atomic E-state index is 5.48. The average Bonchev–Trinajstić information content (AvgIpc) is 3.80. The smallest absolute Gasteiger partial charge is 0.145 e. The number of nitrogens with one attached hydrogen (secondary N) is 1. The van der Waals surface area contributed by atoms with Crippen LogP contribution in [0.2, 0.25) is 0 Å². The third-order valence-corrected chi connectivity index (χ3v) is 11.1. The third-order valence-electron chi connectivity index (χ3n) is 11.1. The molecule has 0 fully saturated rings. The zero-order valence-electron chi connectivity index (χ0n) is 30.5. The van der Waals surface area contributed by atoms with E-state index in [1.165, 1.54) is 54.7 Å². The molecule has 264 valence electrons. The summed E-state index contributed by atoms with van der Waals surface area (Å²) in [6.07, 6.45) is 1.83. The van der Waals surface area contributed by atoms with Crippen molar-refractivity contribution in [3.05, 3.63) is 223 Å². The first-order valence-corrected chi connectivity index (χ1v) is 19.2. The van der Waals surface area contributed by atoms with E-state index in [1.807, 2.05) is 0 Å². The van der Waals surface area contributed by atoms with Gasteiger partial charge in [0.05, 0.1) is 27.8 Å². The van der Waals surface area contributed by atoms with E-state index in [0.29, 0.717) is 0 Å². The van der Waals surface area contributed by atoms with E-state index < -0.39 is 0 Å². The molecule has 2 aromatic heterocycles. The molecule has 56 heavy (non-hydrogen) atoms. The molecular formula is C52H36N4. The molecule has 0 saturated heterocycles. The predicted octanol–water partition coefficient (Wildman–Crippen LogP) is 12.7. The SMILES string of the molecule is C1=C(c2cccc(-c3ccccc3)c2)NC(c2cc(-n3c4ccccc4c4ccccc43)cc(-n3c4ccccc4c4ccccc43)c2)N=C1c1ccccc1. The van der Waals surface area contributed by atoms with E-state index >= 15 is 0 Å². The van der Waals surface area contributed by atoms with Crippen LogP contribution in [-0.4, -0.2) is 14.8 Å². The molecule has 0 radical (unpaired) electrons. The summed E-state index contributed by atoms with van der Waals surface area (Å²) in [5, 5.41) is 8.84. The number of para-hydroxylation sites is 4. The van der Waals surface area contributed by atoms with Gasteiger partial charge in [-0.15, -0.1) is 0 Å². The van der Waals surface area contributed by atoms with Crippen LogP contribution in [0.4, 0.5) is 0 Å². The van der Waals surface area contributed by atoms with Crippen LogP contribution >= 0.6 is 0 Å². The molecule has 0 bridgehead atoms. The lowest BCUT2D eigenvalue weighted by atomic mass is 9.98. The monoisotopic (exact) mass is 716 g/mol. The molecule has 3 heterocycles. The fraction of sp³-hybridized carbons (Fsp3) is 0.0192. The zero-order valence-corrected chi connectivity index (χ0v) is 30.5. The maximum Gasteiger partial charge on any atom is 0.145 e. The fourth-order valence-electron chi connectivity index (χ4n) is 8.56. The molecule has 0 aliphatic carbocycles. The summed E-state index contributed by atoms with van der Waals surface area (Å²) in [6, 6.07) is 71.8. The van der Waals surface area contributed by atoms with Crippen molar-refractivity contribution in [2.24, 2.45) is 4.99 Å². The Kier molecular flexibility index (Phi) is 7.52. The van der Waals surface area contributed by atoms with Crippen molar-refractivity contribution in [2.75, 3.05) is 0 Å². The van der Waals surface area contributed by atoms with Gasteiger partial charge in [0.1, 0.15) is 6.17 Å². The van der Waals surface area contributed by atoms with Crippen LogP contribution in [-0.2, 0) is 0 Å². The largest absolute Gasteiger partial charge is 0.360 e. The minimum absolute atomic E-state index is 0.370. The second-order valence-corrected chi connectivity index (χ2v) is 14.5. The summed E-state index contributed by atoms with van der Waals surface area (Å²) in [4.78, 5) is 5.48. The Labute approximate surface area is 324 Å². The topological polar surface area (TPSA) is 34.2 Å². The Morgan fingerprint density at radius 3 is 1.32 bits per heavy atom. The quantitative estimate of drug-likeness (QED) is 0.183. The number of aliphatic imine (C=N–C) groups is 1. The Bertz CT molecular complexity index is 2930. The molecular weight excluding hydrogens is 681 g/mol. The van der Waals surface area contributed by atoms with Gasteiger partial charge in [0.25, 0.3) is 0 Å². The number of fused-ring (bicyclic) bond motifs is 6. The van der Waals surface area contributed by atoms with Gasteiger partial charge in [0.2, 0.25) is 0 Å². The number of hydrogen-bond acceptors (Lipinski definition) is 2. The summed E-state index contributed by atoms with van der Waals surface area (Å²) in [5.74, 6) is 0. The number of nitrogens with zero attached hydrogens (tertiary/aromatic N) is 3. The van der Waals surface area contributed by atoms with E-state index in [0.717, 1.165) is 39.5 Å². The number of hydrogen-bond donors (Lipinski definition) is 1. The van der Waals surface area contributed by atoms with Crippen LogP contribution in [0.5, 0.6) is 0 Å². The number of allylic oxidation sites excluding steroid dienone is 1. The first kappa shape index (κ1) is 32.0. The minimum Gasteiger partial charge on any atom is -0.360 e. The summed E-state index contributed by atoms with van der Waals surface area (Å²) in [7, 11) is 0. The molecule has 11 rings (SSSR count). The van der Waals surface area contributed by atoms with E-state index in [9.17, 15) is 0 Å². The number of benzene rings is 8. The predicted molar refractivity (Wildman–Crippen MR) is 234 cm³/mol. The Morgan fingerprint density at radius 1 is 0.375 bits per heavy atom. The van der Waals surface area contributed by atoms with Crippen LogP contribution in [0.1, 0.15) is 22.9 Å². The lowest BCUT2D eigenvalue weighted by Crippen LogP contribution is -2.25. The summed E-state index contributed by atoms with van der Waals surface area (Å²) >= 11 is 0. The molecule has 10 aromatic rings. The minimum atomic E-state index is -0.370. The third kappa shape index (κ3) is 5.34. The first-order valence-electron chi connectivity index (χ1n) is 19.2. The highest BCUT2D eigenvalue weighted by molar-refractivity contribution is 6.13. The Balaban J connectivity index is 1.16. The van der Waals surface area contributed by atoms with Crippen molar-refractivity contribution in [3.8, 4) is 22.5 Å². The van der Waals surface area contributed by atoms with Gasteiger partial charge >= 0.3 is 0 Å². The summed E-state index contributed by atoms with van der Waals surface area (Å²) < 4.78 is 4.83. The van der Waals surface area contributed by atoms with Crippen molar-refractivity contribution >= 4 is 55.0 Å². The normalized spacial score (nSPS) is 14.2. The van der Waals surface area contributed by atoms with Gasteiger partial charge in [-0.2, -0.15) is 0 Å². The second-order valence-electron chi connectivity index (χ2n) is 14.5. The van der Waals surface area contributed by atoms with Crippen molar-refractivity contribution < 1.29 is 0 Å². The zero-order chi connectivity index (χ0) is 37.0. The molecule has 4 nitrogen and oxygen atoms in total. The highest BCUT2D eigenvalue weighted by Crippen LogP contribution is 2.38. The van der Waals surface area contributed by atoms with Crippen LogP contribution in [0.25, 0.3) is 71.8 Å². The van der Waals surface area contributed by atoms with Gasteiger partial charge in [-0.05, 0) is 76.9 Å². The van der Waals surface area contributed by atoms with Gasteiger partial charge in [-0.1, -0.05) is 152 Å². The molecule has 0 spiro atoms. The molecule has 1 N–H and O–H groups in total. The van der Waals surface area contributed by atoms with Crippen molar-refractivity contribution in [1.29, 1.82) is 0 Å². The molecule has 1 atom stereocenters. The van der Waals surface area contributed by atoms with Crippen LogP contribution in [0.15, 0.2) is 211 Å². The van der Waals surface area contributed by atoms with E-state index in [-0.39, 0.29) is 6.17 Å². The lowest BCUT2D eigenvalue weighted by Gasteiger charge is -2.26. The molecule has 1 aliphatic heterocycles. The number of rotatable bonds is 6.